The molecule has 0 saturated heterocycles. The molecule has 0 unspecified atom stereocenters. The van der Waals surface area contributed by atoms with Crippen LogP contribution in [0.3, 0.4) is 0 Å². The molecule has 0 radical (unpaired) electrons. The van der Waals surface area contributed by atoms with Crippen LogP contribution in [0.5, 0.6) is 17.5 Å². The average molecular weight is 281 g/mol. The van der Waals surface area contributed by atoms with Gasteiger partial charge in [0.05, 0.1) is 24.0 Å². The van der Waals surface area contributed by atoms with Gasteiger partial charge in [-0.15, -0.1) is 0 Å². The minimum Gasteiger partial charge on any atom is -0.494 e. The first kappa shape index (κ1) is 10.9. The van der Waals surface area contributed by atoms with E-state index in [0.29, 0.717) is 11.5 Å². The molecule has 2 rings (SSSR count). The van der Waals surface area contributed by atoms with Gasteiger partial charge in [0.15, 0.2) is 5.75 Å². The fraction of sp³-hybridized carbons (Fsp3) is 0.0909. The molecule has 0 atom stereocenters. The summed E-state index contributed by atoms with van der Waals surface area (Å²) in [4.78, 5) is 8.01. The normalized spacial score (nSPS) is 9.88. The lowest BCUT2D eigenvalue weighted by Gasteiger charge is -2.05. The maximum atomic E-state index is 5.48. The minimum atomic E-state index is 0.285. The molecular weight excluding hydrogens is 272 g/mol. The van der Waals surface area contributed by atoms with E-state index in [2.05, 4.69) is 25.9 Å². The topological polar surface area (TPSA) is 44.2 Å². The second-order valence-corrected chi connectivity index (χ2v) is 3.79. The Labute approximate surface area is 101 Å². The molecule has 2 aromatic rings. The highest BCUT2D eigenvalue weighted by atomic mass is 79.9. The molecule has 0 spiro atoms. The third-order valence-corrected chi connectivity index (χ3v) is 2.53. The zero-order chi connectivity index (χ0) is 11.4. The van der Waals surface area contributed by atoms with Gasteiger partial charge in [0, 0.05) is 0 Å². The van der Waals surface area contributed by atoms with Crippen molar-refractivity contribution >= 4 is 15.9 Å². The largest absolute Gasteiger partial charge is 0.494 e. The van der Waals surface area contributed by atoms with Gasteiger partial charge in [-0.05, 0) is 28.1 Å². The third-order valence-electron chi connectivity index (χ3n) is 1.88. The van der Waals surface area contributed by atoms with Crippen molar-refractivity contribution in [3.8, 4) is 17.5 Å². The van der Waals surface area contributed by atoms with Gasteiger partial charge in [-0.1, -0.05) is 12.1 Å². The summed E-state index contributed by atoms with van der Waals surface area (Å²) in [6.07, 6.45) is 3.11. The molecular formula is C11H9BrN2O2. The van der Waals surface area contributed by atoms with Gasteiger partial charge in [0.25, 0.3) is 0 Å². The Balaban J connectivity index is 2.18. The van der Waals surface area contributed by atoms with Crippen molar-refractivity contribution in [3.05, 3.63) is 41.1 Å². The summed E-state index contributed by atoms with van der Waals surface area (Å²) in [5.74, 6) is 1.27. The number of hydrogen-bond donors (Lipinski definition) is 0. The quantitative estimate of drug-likeness (QED) is 0.867. The van der Waals surface area contributed by atoms with Gasteiger partial charge in [0.1, 0.15) is 5.75 Å². The van der Waals surface area contributed by atoms with E-state index in [-0.39, 0.29) is 6.01 Å². The van der Waals surface area contributed by atoms with Crippen molar-refractivity contribution in [2.45, 2.75) is 0 Å². The number of benzene rings is 1. The molecule has 1 heterocycles. The van der Waals surface area contributed by atoms with Gasteiger partial charge < -0.3 is 9.47 Å². The van der Waals surface area contributed by atoms with Crippen molar-refractivity contribution in [2.75, 3.05) is 7.11 Å². The SMILES string of the molecule is COc1cnc(Oc2ccccc2Br)nc1. The Bertz CT molecular complexity index is 474. The van der Waals surface area contributed by atoms with E-state index in [1.807, 2.05) is 24.3 Å². The van der Waals surface area contributed by atoms with Crippen molar-refractivity contribution in [3.63, 3.8) is 0 Å². The van der Waals surface area contributed by atoms with Crippen LogP contribution in [-0.4, -0.2) is 17.1 Å². The van der Waals surface area contributed by atoms with Gasteiger partial charge >= 0.3 is 6.01 Å². The van der Waals surface area contributed by atoms with Gasteiger partial charge in [-0.3, -0.25) is 0 Å². The molecule has 5 heteroatoms. The fourth-order valence-corrected chi connectivity index (χ4v) is 1.45. The molecule has 0 amide bonds. The maximum absolute atomic E-state index is 5.48. The van der Waals surface area contributed by atoms with Gasteiger partial charge in [-0.25, -0.2) is 0 Å². The average Bonchev–Trinajstić information content (AvgIpc) is 2.33. The standard InChI is InChI=1S/C11H9BrN2O2/c1-15-8-6-13-11(14-7-8)16-10-5-3-2-4-9(10)12/h2-7H,1H3. The Morgan fingerprint density at radius 1 is 1.12 bits per heavy atom. The molecule has 0 fully saturated rings. The second-order valence-electron chi connectivity index (χ2n) is 2.94. The first-order chi connectivity index (χ1) is 7.79. The minimum absolute atomic E-state index is 0.285. The molecule has 0 saturated carbocycles. The van der Waals surface area contributed by atoms with Crippen molar-refractivity contribution < 1.29 is 9.47 Å². The third kappa shape index (κ3) is 2.49. The lowest BCUT2D eigenvalue weighted by molar-refractivity contribution is 0.398. The first-order valence-electron chi connectivity index (χ1n) is 4.58. The Morgan fingerprint density at radius 3 is 2.44 bits per heavy atom. The zero-order valence-corrected chi connectivity index (χ0v) is 10.1. The van der Waals surface area contributed by atoms with E-state index in [4.69, 9.17) is 9.47 Å². The number of para-hydroxylation sites is 1. The van der Waals surface area contributed by atoms with E-state index in [9.17, 15) is 0 Å². The lowest BCUT2D eigenvalue weighted by atomic mass is 10.3. The van der Waals surface area contributed by atoms with E-state index in [0.717, 1.165) is 4.47 Å². The number of hydrogen-bond acceptors (Lipinski definition) is 4. The summed E-state index contributed by atoms with van der Waals surface area (Å²) in [6.45, 7) is 0. The van der Waals surface area contributed by atoms with Crippen LogP contribution in [0.2, 0.25) is 0 Å². The number of rotatable bonds is 3. The summed E-state index contributed by atoms with van der Waals surface area (Å²) in [5.41, 5.74) is 0. The highest BCUT2D eigenvalue weighted by Gasteiger charge is 2.03. The molecule has 0 aliphatic rings. The highest BCUT2D eigenvalue weighted by molar-refractivity contribution is 9.10. The predicted molar refractivity (Wildman–Crippen MR) is 62.8 cm³/mol. The summed E-state index contributed by atoms with van der Waals surface area (Å²) >= 11 is 3.38. The Kier molecular flexibility index (Phi) is 3.36. The molecule has 16 heavy (non-hydrogen) atoms. The van der Waals surface area contributed by atoms with E-state index < -0.39 is 0 Å². The maximum Gasteiger partial charge on any atom is 0.322 e. The number of ether oxygens (including phenoxy) is 2. The predicted octanol–water partition coefficient (Wildman–Crippen LogP) is 3.04. The summed E-state index contributed by atoms with van der Waals surface area (Å²) in [5, 5.41) is 0. The van der Waals surface area contributed by atoms with Crippen LogP contribution < -0.4 is 9.47 Å². The molecule has 0 aliphatic heterocycles. The molecule has 1 aromatic heterocycles. The smallest absolute Gasteiger partial charge is 0.322 e. The van der Waals surface area contributed by atoms with Crippen molar-refractivity contribution in [2.24, 2.45) is 0 Å². The molecule has 0 aliphatic carbocycles. The number of halogens is 1. The van der Waals surface area contributed by atoms with Crippen LogP contribution in [-0.2, 0) is 0 Å². The second kappa shape index (κ2) is 4.94. The molecule has 0 N–H and O–H groups in total. The molecule has 0 bridgehead atoms. The summed E-state index contributed by atoms with van der Waals surface area (Å²) < 4.78 is 11.3. The first-order valence-corrected chi connectivity index (χ1v) is 5.37. The van der Waals surface area contributed by atoms with Crippen LogP contribution in [0, 0.1) is 0 Å². The fourth-order valence-electron chi connectivity index (χ4n) is 1.09. The van der Waals surface area contributed by atoms with Crippen LogP contribution in [0.25, 0.3) is 0 Å². The van der Waals surface area contributed by atoms with Crippen molar-refractivity contribution in [1.82, 2.24) is 9.97 Å². The van der Waals surface area contributed by atoms with Crippen LogP contribution >= 0.6 is 15.9 Å². The zero-order valence-electron chi connectivity index (χ0n) is 8.55. The molecule has 4 nitrogen and oxygen atoms in total. The van der Waals surface area contributed by atoms with E-state index in [1.54, 1.807) is 19.5 Å². The van der Waals surface area contributed by atoms with E-state index >= 15 is 0 Å². The summed E-state index contributed by atoms with van der Waals surface area (Å²) in [6, 6.07) is 7.79. The van der Waals surface area contributed by atoms with Crippen molar-refractivity contribution in [1.29, 1.82) is 0 Å². The van der Waals surface area contributed by atoms with Gasteiger partial charge in [-0.2, -0.15) is 9.97 Å². The highest BCUT2D eigenvalue weighted by Crippen LogP contribution is 2.27. The van der Waals surface area contributed by atoms with Crippen LogP contribution in [0.1, 0.15) is 0 Å². The lowest BCUT2D eigenvalue weighted by Crippen LogP contribution is -1.93. The van der Waals surface area contributed by atoms with Crippen LogP contribution in [0.4, 0.5) is 0 Å². The van der Waals surface area contributed by atoms with E-state index in [1.165, 1.54) is 0 Å². The molecule has 1 aromatic carbocycles. The van der Waals surface area contributed by atoms with Gasteiger partial charge in [0.2, 0.25) is 0 Å². The summed E-state index contributed by atoms with van der Waals surface area (Å²) in [7, 11) is 1.56. The molecule has 82 valence electrons. The van der Waals surface area contributed by atoms with Crippen LogP contribution in [0.15, 0.2) is 41.1 Å². The Morgan fingerprint density at radius 2 is 1.81 bits per heavy atom. The Hall–Kier alpha value is -1.62. The number of nitrogens with zero attached hydrogens (tertiary/aromatic N) is 2. The number of methoxy groups -OCH3 is 1. The monoisotopic (exact) mass is 280 g/mol. The number of aromatic nitrogens is 2.